The number of nitrogens with one attached hydrogen (secondary N) is 1. The maximum absolute atomic E-state index is 12.3. The van der Waals surface area contributed by atoms with Gasteiger partial charge in [-0.05, 0) is 33.2 Å². The molecule has 0 saturated carbocycles. The summed E-state index contributed by atoms with van der Waals surface area (Å²) in [5, 5.41) is 2.88. The number of nitrogens with zero attached hydrogens (tertiary/aromatic N) is 1. The number of amides is 1. The first-order valence-corrected chi connectivity index (χ1v) is 9.19. The molecule has 0 bridgehead atoms. The summed E-state index contributed by atoms with van der Waals surface area (Å²) in [5.41, 5.74) is 0. The minimum Gasteiger partial charge on any atom is -0.353 e. The van der Waals surface area contributed by atoms with Gasteiger partial charge in [0.15, 0.2) is 0 Å². The van der Waals surface area contributed by atoms with Crippen LogP contribution in [0.25, 0.3) is 0 Å². The van der Waals surface area contributed by atoms with E-state index in [0.717, 1.165) is 19.5 Å². The molecule has 0 aromatic carbocycles. The molecule has 1 atom stereocenters. The van der Waals surface area contributed by atoms with Gasteiger partial charge in [-0.2, -0.15) is 0 Å². The minimum atomic E-state index is -2.96. The highest BCUT2D eigenvalue weighted by atomic mass is 31.2. The molecule has 1 heterocycles. The van der Waals surface area contributed by atoms with Crippen LogP contribution in [0.1, 0.15) is 33.6 Å². The number of hydrogen-bond donors (Lipinski definition) is 1. The first-order valence-electron chi connectivity index (χ1n) is 7.46. The summed E-state index contributed by atoms with van der Waals surface area (Å²) in [6, 6.07) is -0.0673. The third kappa shape index (κ3) is 5.17. The Hall–Kier alpha value is -0.420. The molecule has 1 unspecified atom stereocenters. The Balaban J connectivity index is 2.45. The van der Waals surface area contributed by atoms with Crippen molar-refractivity contribution in [3.63, 3.8) is 0 Å². The normalized spacial score (nSPS) is 20.9. The number of hydrogen-bond acceptors (Lipinski definition) is 5. The van der Waals surface area contributed by atoms with Gasteiger partial charge < -0.3 is 14.4 Å². The van der Waals surface area contributed by atoms with E-state index in [1.54, 1.807) is 0 Å². The van der Waals surface area contributed by atoms with Gasteiger partial charge in [0.2, 0.25) is 5.91 Å². The third-order valence-electron chi connectivity index (χ3n) is 3.36. The highest BCUT2D eigenvalue weighted by Gasteiger charge is 2.29. The van der Waals surface area contributed by atoms with Crippen LogP contribution in [0, 0.1) is 0 Å². The summed E-state index contributed by atoms with van der Waals surface area (Å²) in [5.74, 6) is 0.0940. The van der Waals surface area contributed by atoms with Crippen LogP contribution in [0.2, 0.25) is 0 Å². The highest BCUT2D eigenvalue weighted by molar-refractivity contribution is 7.53. The Bertz CT molecular complexity index is 341. The fourth-order valence-electron chi connectivity index (χ4n) is 2.50. The van der Waals surface area contributed by atoms with Gasteiger partial charge in [-0.25, -0.2) is 0 Å². The first-order chi connectivity index (χ1) is 9.56. The van der Waals surface area contributed by atoms with Crippen molar-refractivity contribution in [3.05, 3.63) is 0 Å². The van der Waals surface area contributed by atoms with Crippen molar-refractivity contribution < 1.29 is 18.4 Å². The van der Waals surface area contributed by atoms with Crippen molar-refractivity contribution in [2.24, 2.45) is 0 Å². The first kappa shape index (κ1) is 17.6. The van der Waals surface area contributed by atoms with E-state index in [1.807, 2.05) is 20.8 Å². The molecule has 1 saturated heterocycles. The summed E-state index contributed by atoms with van der Waals surface area (Å²) in [6.45, 7) is 8.69. The lowest BCUT2D eigenvalue weighted by Crippen LogP contribution is -2.55. The van der Waals surface area contributed by atoms with E-state index in [1.165, 1.54) is 0 Å². The molecule has 0 aromatic heterocycles. The molecule has 1 amide bonds. The maximum atomic E-state index is 12.3. The van der Waals surface area contributed by atoms with Crippen LogP contribution >= 0.6 is 7.60 Å². The Morgan fingerprint density at radius 3 is 2.50 bits per heavy atom. The van der Waals surface area contributed by atoms with E-state index >= 15 is 0 Å². The van der Waals surface area contributed by atoms with Gasteiger partial charge in [-0.3, -0.25) is 14.3 Å². The van der Waals surface area contributed by atoms with Crippen LogP contribution in [0.5, 0.6) is 0 Å². The molecular weight excluding hydrogens is 279 g/mol. The average molecular weight is 306 g/mol. The van der Waals surface area contributed by atoms with Gasteiger partial charge >= 0.3 is 7.60 Å². The molecule has 0 spiro atoms. The van der Waals surface area contributed by atoms with E-state index < -0.39 is 7.60 Å². The zero-order valence-electron chi connectivity index (χ0n) is 12.8. The Morgan fingerprint density at radius 1 is 1.30 bits per heavy atom. The van der Waals surface area contributed by atoms with Crippen LogP contribution in [-0.2, 0) is 18.4 Å². The SMILES string of the molecule is CCOP(=O)(CCCN1CCNC(=O)C1CC)OCC. The van der Waals surface area contributed by atoms with Gasteiger partial charge in [0.05, 0.1) is 25.4 Å². The average Bonchev–Trinajstić information content (AvgIpc) is 2.39. The van der Waals surface area contributed by atoms with Crippen molar-refractivity contribution >= 4 is 13.5 Å². The molecule has 1 aliphatic rings. The van der Waals surface area contributed by atoms with Crippen LogP contribution in [0.3, 0.4) is 0 Å². The monoisotopic (exact) mass is 306 g/mol. The standard InChI is InChI=1S/C13H27N2O4P/c1-4-12-13(16)14-8-10-15(12)9-7-11-20(17,18-5-2)19-6-3/h12H,4-11H2,1-3H3,(H,14,16). The van der Waals surface area contributed by atoms with Crippen molar-refractivity contribution in [2.75, 3.05) is 39.0 Å². The van der Waals surface area contributed by atoms with Crippen LogP contribution in [0.15, 0.2) is 0 Å². The number of carbonyl (C=O) groups is 1. The Labute approximate surface area is 121 Å². The quantitative estimate of drug-likeness (QED) is 0.659. The number of piperazine rings is 1. The zero-order chi connectivity index (χ0) is 15.0. The third-order valence-corrected chi connectivity index (χ3v) is 5.52. The Morgan fingerprint density at radius 2 is 1.95 bits per heavy atom. The molecule has 1 rings (SSSR count). The van der Waals surface area contributed by atoms with E-state index in [2.05, 4.69) is 10.2 Å². The number of rotatable bonds is 9. The zero-order valence-corrected chi connectivity index (χ0v) is 13.7. The van der Waals surface area contributed by atoms with Gasteiger partial charge in [-0.1, -0.05) is 6.92 Å². The van der Waals surface area contributed by atoms with Crippen molar-refractivity contribution in [1.82, 2.24) is 10.2 Å². The molecule has 6 nitrogen and oxygen atoms in total. The largest absolute Gasteiger partial charge is 0.353 e. The van der Waals surface area contributed by atoms with Gasteiger partial charge in [-0.15, -0.1) is 0 Å². The van der Waals surface area contributed by atoms with Gasteiger partial charge in [0, 0.05) is 13.1 Å². The smallest absolute Gasteiger partial charge is 0.330 e. The van der Waals surface area contributed by atoms with Crippen molar-refractivity contribution in [1.29, 1.82) is 0 Å². The van der Waals surface area contributed by atoms with Crippen LogP contribution in [-0.4, -0.2) is 55.9 Å². The minimum absolute atomic E-state index is 0.0673. The molecule has 20 heavy (non-hydrogen) atoms. The predicted molar refractivity (Wildman–Crippen MR) is 79.0 cm³/mol. The topological polar surface area (TPSA) is 67.9 Å². The lowest BCUT2D eigenvalue weighted by molar-refractivity contribution is -0.129. The summed E-state index contributed by atoms with van der Waals surface area (Å²) < 4.78 is 22.9. The summed E-state index contributed by atoms with van der Waals surface area (Å²) in [4.78, 5) is 13.9. The van der Waals surface area contributed by atoms with E-state index in [0.29, 0.717) is 32.3 Å². The predicted octanol–water partition coefficient (Wildman–Crippen LogP) is 1.85. The van der Waals surface area contributed by atoms with E-state index in [4.69, 9.17) is 9.05 Å². The fraction of sp³-hybridized carbons (Fsp3) is 0.923. The molecule has 0 radical (unpaired) electrons. The molecule has 1 N–H and O–H groups in total. The van der Waals surface area contributed by atoms with E-state index in [-0.39, 0.29) is 11.9 Å². The molecule has 1 aliphatic heterocycles. The lowest BCUT2D eigenvalue weighted by Gasteiger charge is -2.34. The molecule has 1 fully saturated rings. The lowest BCUT2D eigenvalue weighted by atomic mass is 10.1. The second-order valence-corrected chi connectivity index (χ2v) is 6.96. The van der Waals surface area contributed by atoms with Crippen molar-refractivity contribution in [3.8, 4) is 0 Å². The van der Waals surface area contributed by atoms with Gasteiger partial charge in [0.25, 0.3) is 0 Å². The fourth-order valence-corrected chi connectivity index (χ4v) is 4.15. The summed E-state index contributed by atoms with van der Waals surface area (Å²) >= 11 is 0. The molecule has 118 valence electrons. The maximum Gasteiger partial charge on any atom is 0.330 e. The van der Waals surface area contributed by atoms with E-state index in [9.17, 15) is 9.36 Å². The number of carbonyl (C=O) groups excluding carboxylic acids is 1. The summed E-state index contributed by atoms with van der Waals surface area (Å²) in [7, 11) is -2.96. The van der Waals surface area contributed by atoms with Crippen molar-refractivity contribution in [2.45, 2.75) is 39.7 Å². The second kappa shape index (κ2) is 8.78. The van der Waals surface area contributed by atoms with Crippen LogP contribution in [0.4, 0.5) is 0 Å². The second-order valence-electron chi connectivity index (χ2n) is 4.77. The highest BCUT2D eigenvalue weighted by Crippen LogP contribution is 2.48. The Kier molecular flexibility index (Phi) is 7.74. The molecule has 0 aromatic rings. The van der Waals surface area contributed by atoms with Crippen LogP contribution < -0.4 is 5.32 Å². The summed E-state index contributed by atoms with van der Waals surface area (Å²) in [6.07, 6.45) is 1.91. The molecule has 0 aliphatic carbocycles. The van der Waals surface area contributed by atoms with Gasteiger partial charge in [0.1, 0.15) is 0 Å². The molecular formula is C13H27N2O4P. The molecule has 7 heteroatoms.